The number of carbonyl (C=O) groups excluding carboxylic acids is 1. The minimum absolute atomic E-state index is 0.355. The number of carbonyl (C=O) groups is 1. The van der Waals surface area contributed by atoms with Crippen molar-refractivity contribution in [1.29, 1.82) is 0 Å². The Hall–Kier alpha value is -1.22. The van der Waals surface area contributed by atoms with Crippen LogP contribution in [0, 0.1) is 0 Å². The second-order valence-electron chi connectivity index (χ2n) is 3.11. The highest BCUT2D eigenvalue weighted by molar-refractivity contribution is 6.33. The van der Waals surface area contributed by atoms with Crippen molar-refractivity contribution in [2.75, 3.05) is 19.0 Å². The van der Waals surface area contributed by atoms with E-state index in [1.165, 1.54) is 7.11 Å². The van der Waals surface area contributed by atoms with E-state index < -0.39 is 0 Å². The van der Waals surface area contributed by atoms with Crippen LogP contribution in [-0.4, -0.2) is 19.6 Å². The van der Waals surface area contributed by atoms with Crippen LogP contribution in [0.2, 0.25) is 5.02 Å². The summed E-state index contributed by atoms with van der Waals surface area (Å²) in [6.07, 6.45) is 0.999. The quantitative estimate of drug-likeness (QED) is 0.804. The van der Waals surface area contributed by atoms with Crippen molar-refractivity contribution in [3.8, 4) is 0 Å². The molecular weight excluding hydrogens is 214 g/mol. The standard InChI is InChI=1S/C11H14ClNO2/c1-3-6-13-10-7-8(11(14)15-2)4-5-9(10)12/h4-5,7,13H,3,6H2,1-2H3. The van der Waals surface area contributed by atoms with Crippen molar-refractivity contribution in [3.63, 3.8) is 0 Å². The first-order valence-corrected chi connectivity index (χ1v) is 5.18. The van der Waals surface area contributed by atoms with Gasteiger partial charge in [0.15, 0.2) is 0 Å². The number of anilines is 1. The zero-order chi connectivity index (χ0) is 11.3. The minimum Gasteiger partial charge on any atom is -0.465 e. The van der Waals surface area contributed by atoms with Gasteiger partial charge >= 0.3 is 5.97 Å². The van der Waals surface area contributed by atoms with Crippen LogP contribution in [0.3, 0.4) is 0 Å². The molecular formula is C11H14ClNO2. The molecule has 0 spiro atoms. The van der Waals surface area contributed by atoms with Crippen LogP contribution in [0.25, 0.3) is 0 Å². The summed E-state index contributed by atoms with van der Waals surface area (Å²) in [6, 6.07) is 5.03. The number of esters is 1. The zero-order valence-electron chi connectivity index (χ0n) is 8.84. The number of hydrogen-bond donors (Lipinski definition) is 1. The second kappa shape index (κ2) is 5.61. The Labute approximate surface area is 94.4 Å². The highest BCUT2D eigenvalue weighted by Gasteiger charge is 2.08. The molecule has 4 heteroatoms. The third kappa shape index (κ3) is 3.13. The van der Waals surface area contributed by atoms with Gasteiger partial charge in [0.1, 0.15) is 0 Å². The van der Waals surface area contributed by atoms with Crippen molar-refractivity contribution in [2.45, 2.75) is 13.3 Å². The summed E-state index contributed by atoms with van der Waals surface area (Å²) in [5.74, 6) is -0.355. The smallest absolute Gasteiger partial charge is 0.337 e. The van der Waals surface area contributed by atoms with Crippen molar-refractivity contribution in [2.24, 2.45) is 0 Å². The largest absolute Gasteiger partial charge is 0.465 e. The van der Waals surface area contributed by atoms with Crippen LogP contribution < -0.4 is 5.32 Å². The van der Waals surface area contributed by atoms with Gasteiger partial charge in [0.2, 0.25) is 0 Å². The summed E-state index contributed by atoms with van der Waals surface area (Å²) < 4.78 is 4.63. The molecule has 0 amide bonds. The van der Waals surface area contributed by atoms with E-state index >= 15 is 0 Å². The van der Waals surface area contributed by atoms with E-state index in [9.17, 15) is 4.79 Å². The van der Waals surface area contributed by atoms with E-state index in [1.807, 2.05) is 0 Å². The van der Waals surface area contributed by atoms with Gasteiger partial charge in [0, 0.05) is 6.54 Å². The van der Waals surface area contributed by atoms with Gasteiger partial charge in [0.25, 0.3) is 0 Å². The molecule has 0 saturated carbocycles. The fourth-order valence-electron chi connectivity index (χ4n) is 1.17. The second-order valence-corrected chi connectivity index (χ2v) is 3.52. The molecule has 1 aromatic rings. The summed E-state index contributed by atoms with van der Waals surface area (Å²) in [4.78, 5) is 11.3. The Balaban J connectivity index is 2.89. The molecule has 0 unspecified atom stereocenters. The number of ether oxygens (including phenoxy) is 1. The molecule has 0 aliphatic carbocycles. The molecule has 0 aromatic heterocycles. The van der Waals surface area contributed by atoms with Gasteiger partial charge in [0.05, 0.1) is 23.4 Å². The Morgan fingerprint density at radius 2 is 2.27 bits per heavy atom. The summed E-state index contributed by atoms with van der Waals surface area (Å²) in [7, 11) is 1.36. The highest BCUT2D eigenvalue weighted by atomic mass is 35.5. The Bertz CT molecular complexity index is 352. The molecule has 0 fully saturated rings. The fraction of sp³-hybridized carbons (Fsp3) is 0.364. The molecule has 1 N–H and O–H groups in total. The zero-order valence-corrected chi connectivity index (χ0v) is 9.60. The molecule has 3 nitrogen and oxygen atoms in total. The van der Waals surface area contributed by atoms with Crippen molar-refractivity contribution < 1.29 is 9.53 Å². The van der Waals surface area contributed by atoms with E-state index in [0.717, 1.165) is 18.7 Å². The summed E-state index contributed by atoms with van der Waals surface area (Å²) in [6.45, 7) is 2.88. The van der Waals surface area contributed by atoms with Crippen LogP contribution >= 0.6 is 11.6 Å². The average Bonchev–Trinajstić information content (AvgIpc) is 2.27. The SMILES string of the molecule is CCCNc1cc(C(=O)OC)ccc1Cl. The van der Waals surface area contributed by atoms with E-state index in [1.54, 1.807) is 18.2 Å². The van der Waals surface area contributed by atoms with E-state index in [0.29, 0.717) is 10.6 Å². The van der Waals surface area contributed by atoms with Gasteiger partial charge in [-0.3, -0.25) is 0 Å². The number of rotatable bonds is 4. The molecule has 1 rings (SSSR count). The van der Waals surface area contributed by atoms with E-state index in [4.69, 9.17) is 11.6 Å². The Morgan fingerprint density at radius 3 is 2.87 bits per heavy atom. The maximum Gasteiger partial charge on any atom is 0.337 e. The first-order valence-electron chi connectivity index (χ1n) is 4.80. The molecule has 82 valence electrons. The van der Waals surface area contributed by atoms with E-state index in [-0.39, 0.29) is 5.97 Å². The Kier molecular flexibility index (Phi) is 4.43. The fourth-order valence-corrected chi connectivity index (χ4v) is 1.35. The molecule has 15 heavy (non-hydrogen) atoms. The third-order valence-electron chi connectivity index (χ3n) is 1.95. The number of hydrogen-bond acceptors (Lipinski definition) is 3. The normalized spacial score (nSPS) is 9.80. The molecule has 0 aliphatic rings. The average molecular weight is 228 g/mol. The topological polar surface area (TPSA) is 38.3 Å². The lowest BCUT2D eigenvalue weighted by molar-refractivity contribution is 0.0601. The van der Waals surface area contributed by atoms with Gasteiger partial charge in [-0.25, -0.2) is 4.79 Å². The van der Waals surface area contributed by atoms with Gasteiger partial charge in [-0.2, -0.15) is 0 Å². The van der Waals surface area contributed by atoms with Crippen molar-refractivity contribution in [3.05, 3.63) is 28.8 Å². The van der Waals surface area contributed by atoms with Crippen LogP contribution in [0.5, 0.6) is 0 Å². The molecule has 0 bridgehead atoms. The number of benzene rings is 1. The molecule has 0 aliphatic heterocycles. The number of methoxy groups -OCH3 is 1. The molecule has 0 heterocycles. The summed E-state index contributed by atoms with van der Waals surface area (Å²) in [5.41, 5.74) is 1.27. The highest BCUT2D eigenvalue weighted by Crippen LogP contribution is 2.23. The Morgan fingerprint density at radius 1 is 1.53 bits per heavy atom. The number of halogens is 1. The maximum atomic E-state index is 11.3. The van der Waals surface area contributed by atoms with Crippen molar-refractivity contribution in [1.82, 2.24) is 0 Å². The summed E-state index contributed by atoms with van der Waals surface area (Å²) >= 11 is 5.97. The van der Waals surface area contributed by atoms with Crippen LogP contribution in [0.15, 0.2) is 18.2 Å². The van der Waals surface area contributed by atoms with Crippen LogP contribution in [-0.2, 0) is 4.74 Å². The van der Waals surface area contributed by atoms with Gasteiger partial charge in [-0.1, -0.05) is 18.5 Å². The lowest BCUT2D eigenvalue weighted by Crippen LogP contribution is -2.04. The molecule has 0 atom stereocenters. The van der Waals surface area contributed by atoms with Gasteiger partial charge < -0.3 is 10.1 Å². The molecule has 0 radical (unpaired) electrons. The first-order chi connectivity index (χ1) is 7.19. The molecule has 0 saturated heterocycles. The third-order valence-corrected chi connectivity index (χ3v) is 2.28. The van der Waals surface area contributed by atoms with Crippen LogP contribution in [0.4, 0.5) is 5.69 Å². The minimum atomic E-state index is -0.355. The van der Waals surface area contributed by atoms with Gasteiger partial charge in [-0.15, -0.1) is 0 Å². The predicted molar refractivity (Wildman–Crippen MR) is 61.6 cm³/mol. The molecule has 1 aromatic carbocycles. The first kappa shape index (κ1) is 11.9. The van der Waals surface area contributed by atoms with Crippen LogP contribution in [0.1, 0.15) is 23.7 Å². The monoisotopic (exact) mass is 227 g/mol. The lowest BCUT2D eigenvalue weighted by Gasteiger charge is -2.08. The summed E-state index contributed by atoms with van der Waals surface area (Å²) in [5, 5.41) is 3.75. The lowest BCUT2D eigenvalue weighted by atomic mass is 10.2. The van der Waals surface area contributed by atoms with E-state index in [2.05, 4.69) is 17.0 Å². The van der Waals surface area contributed by atoms with Crippen molar-refractivity contribution >= 4 is 23.3 Å². The predicted octanol–water partition coefficient (Wildman–Crippen LogP) is 2.95. The number of nitrogens with one attached hydrogen (secondary N) is 1. The maximum absolute atomic E-state index is 11.3. The van der Waals surface area contributed by atoms with Gasteiger partial charge in [-0.05, 0) is 24.6 Å².